The van der Waals surface area contributed by atoms with Crippen molar-refractivity contribution >= 4 is 24.0 Å². The van der Waals surface area contributed by atoms with Gasteiger partial charge in [0, 0.05) is 18.4 Å². The highest BCUT2D eigenvalue weighted by Gasteiger charge is 2.21. The minimum atomic E-state index is 0. The maximum Gasteiger partial charge on any atom is 0.297 e. The molecule has 0 aliphatic rings. The molecule has 0 spiro atoms. The van der Waals surface area contributed by atoms with Gasteiger partial charge in [-0.15, -0.1) is 17.5 Å². The van der Waals surface area contributed by atoms with Crippen molar-refractivity contribution < 1.29 is 4.52 Å². The van der Waals surface area contributed by atoms with Crippen LogP contribution in [0, 0.1) is 0 Å². The minimum Gasteiger partial charge on any atom is -0.330 e. The number of nitrogens with zero attached hydrogens (tertiary/aromatic N) is 5. The molecule has 1 N–H and O–H groups in total. The molecule has 2 aromatic heterocycles. The first-order valence-corrected chi connectivity index (χ1v) is 8.59. The number of halogens is 2. The normalized spacial score (nSPS) is 12.2. The Morgan fingerprint density at radius 2 is 1.92 bits per heavy atom. The fourth-order valence-electron chi connectivity index (χ4n) is 2.39. The molecule has 0 radical (unpaired) electrons. The SMILES string of the molecule is CNC(C)Cc1noc(-c2nc(C(C)C)n(-c3ccccc3Cl)n2)n1.Cl. The van der Waals surface area contributed by atoms with E-state index in [1.165, 1.54) is 0 Å². The molecule has 3 rings (SSSR count). The summed E-state index contributed by atoms with van der Waals surface area (Å²) in [6.45, 7) is 6.15. The van der Waals surface area contributed by atoms with E-state index in [2.05, 4.69) is 46.3 Å². The zero-order valence-electron chi connectivity index (χ0n) is 15.1. The van der Waals surface area contributed by atoms with E-state index >= 15 is 0 Å². The van der Waals surface area contributed by atoms with Gasteiger partial charge in [0.15, 0.2) is 5.82 Å². The average molecular weight is 397 g/mol. The molecule has 0 amide bonds. The topological polar surface area (TPSA) is 81.7 Å². The fraction of sp³-hybridized carbons (Fsp3) is 0.412. The molecule has 0 saturated carbocycles. The Balaban J connectivity index is 0.00000243. The summed E-state index contributed by atoms with van der Waals surface area (Å²) in [7, 11) is 1.90. The second-order valence-electron chi connectivity index (χ2n) is 6.22. The van der Waals surface area contributed by atoms with E-state index in [1.54, 1.807) is 4.68 Å². The lowest BCUT2D eigenvalue weighted by atomic mass is 10.2. The first kappa shape index (κ1) is 20.4. The molecule has 26 heavy (non-hydrogen) atoms. The van der Waals surface area contributed by atoms with Gasteiger partial charge in [0.2, 0.25) is 5.82 Å². The third kappa shape index (κ3) is 4.23. The van der Waals surface area contributed by atoms with Crippen LogP contribution < -0.4 is 5.32 Å². The van der Waals surface area contributed by atoms with Gasteiger partial charge in [0.05, 0.1) is 10.7 Å². The molecule has 1 aromatic carbocycles. The molecule has 0 aliphatic carbocycles. The summed E-state index contributed by atoms with van der Waals surface area (Å²) < 4.78 is 7.09. The highest BCUT2D eigenvalue weighted by Crippen LogP contribution is 2.26. The largest absolute Gasteiger partial charge is 0.330 e. The quantitative estimate of drug-likeness (QED) is 0.684. The third-order valence-corrected chi connectivity index (χ3v) is 4.19. The molecule has 0 saturated heterocycles. The lowest BCUT2D eigenvalue weighted by Gasteiger charge is -2.09. The van der Waals surface area contributed by atoms with Crippen LogP contribution >= 0.6 is 24.0 Å². The van der Waals surface area contributed by atoms with Gasteiger partial charge < -0.3 is 9.84 Å². The number of benzene rings is 1. The average Bonchev–Trinajstić information content (AvgIpc) is 3.22. The first-order valence-electron chi connectivity index (χ1n) is 8.21. The van der Waals surface area contributed by atoms with Crippen molar-refractivity contribution in [3.8, 4) is 17.4 Å². The Morgan fingerprint density at radius 3 is 2.58 bits per heavy atom. The van der Waals surface area contributed by atoms with Gasteiger partial charge in [-0.25, -0.2) is 9.67 Å². The number of rotatable bonds is 6. The van der Waals surface area contributed by atoms with Crippen molar-refractivity contribution in [2.75, 3.05) is 7.05 Å². The predicted octanol–water partition coefficient (Wildman–Crippen LogP) is 3.67. The molecule has 1 unspecified atom stereocenters. The molecule has 9 heteroatoms. The standard InChI is InChI=1S/C17H21ClN6O.ClH/c1-10(2)16-21-15(17-20-14(23-25-17)9-11(3)19-4)22-24(16)13-8-6-5-7-12(13)18;/h5-8,10-11,19H,9H2,1-4H3;1H. The molecular formula is C17H22Cl2N6O. The van der Waals surface area contributed by atoms with Crippen LogP contribution in [0.3, 0.4) is 0 Å². The molecule has 0 bridgehead atoms. The van der Waals surface area contributed by atoms with E-state index in [4.69, 9.17) is 16.1 Å². The molecule has 3 aromatic rings. The van der Waals surface area contributed by atoms with Crippen LogP contribution in [0.5, 0.6) is 0 Å². The van der Waals surface area contributed by atoms with Gasteiger partial charge in [0.1, 0.15) is 5.82 Å². The lowest BCUT2D eigenvalue weighted by molar-refractivity contribution is 0.415. The maximum atomic E-state index is 6.32. The number of hydrogen-bond acceptors (Lipinski definition) is 6. The highest BCUT2D eigenvalue weighted by molar-refractivity contribution is 6.32. The Labute approximate surface area is 163 Å². The monoisotopic (exact) mass is 396 g/mol. The highest BCUT2D eigenvalue weighted by atomic mass is 35.5. The van der Waals surface area contributed by atoms with Crippen molar-refractivity contribution in [2.24, 2.45) is 0 Å². The Morgan fingerprint density at radius 1 is 1.19 bits per heavy atom. The molecule has 140 valence electrons. The van der Waals surface area contributed by atoms with Crippen LogP contribution in [0.25, 0.3) is 17.4 Å². The molecular weight excluding hydrogens is 375 g/mol. The molecule has 7 nitrogen and oxygen atoms in total. The number of para-hydroxylation sites is 1. The van der Waals surface area contributed by atoms with Crippen LogP contribution in [0.4, 0.5) is 0 Å². The van der Waals surface area contributed by atoms with Crippen LogP contribution in [0.2, 0.25) is 5.02 Å². The van der Waals surface area contributed by atoms with Gasteiger partial charge in [-0.1, -0.05) is 42.7 Å². The van der Waals surface area contributed by atoms with E-state index in [9.17, 15) is 0 Å². The van der Waals surface area contributed by atoms with E-state index < -0.39 is 0 Å². The van der Waals surface area contributed by atoms with Crippen molar-refractivity contribution in [3.05, 3.63) is 40.9 Å². The molecule has 2 heterocycles. The minimum absolute atomic E-state index is 0. The van der Waals surface area contributed by atoms with Crippen molar-refractivity contribution in [1.29, 1.82) is 0 Å². The zero-order chi connectivity index (χ0) is 18.0. The van der Waals surface area contributed by atoms with E-state index in [1.807, 2.05) is 31.3 Å². The summed E-state index contributed by atoms with van der Waals surface area (Å²) in [6.07, 6.45) is 0.669. The summed E-state index contributed by atoms with van der Waals surface area (Å²) in [6, 6.07) is 7.78. The number of nitrogens with one attached hydrogen (secondary N) is 1. The summed E-state index contributed by atoms with van der Waals surface area (Å²) >= 11 is 6.32. The maximum absolute atomic E-state index is 6.32. The second kappa shape index (κ2) is 8.62. The Kier molecular flexibility index (Phi) is 6.75. The van der Waals surface area contributed by atoms with Gasteiger partial charge in [-0.3, -0.25) is 0 Å². The van der Waals surface area contributed by atoms with Gasteiger partial charge in [0.25, 0.3) is 5.89 Å². The zero-order valence-corrected chi connectivity index (χ0v) is 16.7. The second-order valence-corrected chi connectivity index (χ2v) is 6.63. The molecule has 0 aliphatic heterocycles. The van der Waals surface area contributed by atoms with Gasteiger partial charge >= 0.3 is 0 Å². The van der Waals surface area contributed by atoms with Crippen LogP contribution in [-0.2, 0) is 6.42 Å². The summed E-state index contributed by atoms with van der Waals surface area (Å²) in [5, 5.41) is 12.3. The van der Waals surface area contributed by atoms with E-state index in [0.29, 0.717) is 29.0 Å². The summed E-state index contributed by atoms with van der Waals surface area (Å²) in [5.41, 5.74) is 0.773. The molecule has 1 atom stereocenters. The fourth-order valence-corrected chi connectivity index (χ4v) is 2.61. The van der Waals surface area contributed by atoms with Gasteiger partial charge in [-0.2, -0.15) is 4.98 Å². The summed E-state index contributed by atoms with van der Waals surface area (Å²) in [4.78, 5) is 9.00. The summed E-state index contributed by atoms with van der Waals surface area (Å²) in [5.74, 6) is 2.28. The smallest absolute Gasteiger partial charge is 0.297 e. The van der Waals surface area contributed by atoms with Crippen LogP contribution in [0.1, 0.15) is 38.3 Å². The van der Waals surface area contributed by atoms with Crippen LogP contribution in [0.15, 0.2) is 28.8 Å². The predicted molar refractivity (Wildman–Crippen MR) is 103 cm³/mol. The number of aromatic nitrogens is 5. The van der Waals surface area contributed by atoms with Crippen molar-refractivity contribution in [3.63, 3.8) is 0 Å². The number of likely N-dealkylation sites (N-methyl/N-ethyl adjacent to an activating group) is 1. The molecule has 0 fully saturated rings. The van der Waals surface area contributed by atoms with E-state index in [0.717, 1.165) is 11.5 Å². The van der Waals surface area contributed by atoms with Gasteiger partial charge in [-0.05, 0) is 26.1 Å². The first-order chi connectivity index (χ1) is 12.0. The Hall–Kier alpha value is -1.96. The van der Waals surface area contributed by atoms with E-state index in [-0.39, 0.29) is 24.4 Å². The van der Waals surface area contributed by atoms with Crippen molar-refractivity contribution in [2.45, 2.75) is 39.2 Å². The Bertz CT molecular complexity index is 861. The van der Waals surface area contributed by atoms with Crippen LogP contribution in [-0.4, -0.2) is 38.0 Å². The lowest BCUT2D eigenvalue weighted by Crippen LogP contribution is -2.24. The number of hydrogen-bond donors (Lipinski definition) is 1. The third-order valence-electron chi connectivity index (χ3n) is 3.87. The van der Waals surface area contributed by atoms with Crippen molar-refractivity contribution in [1.82, 2.24) is 30.2 Å².